The Kier molecular flexibility index (Phi) is 2.91. The summed E-state index contributed by atoms with van der Waals surface area (Å²) >= 11 is 0. The third kappa shape index (κ3) is 3.49. The highest BCUT2D eigenvalue weighted by Gasteiger charge is 2.31. The van der Waals surface area contributed by atoms with Crippen LogP contribution in [0.25, 0.3) is 0 Å². The average Bonchev–Trinajstić information content (AvgIpc) is 1.85. The van der Waals surface area contributed by atoms with E-state index < -0.39 is 17.8 Å². The molecule has 0 spiro atoms. The number of carbonyl (C=O) groups is 1. The Morgan fingerprint density at radius 3 is 2.27 bits per heavy atom. The van der Waals surface area contributed by atoms with Gasteiger partial charge in [0.1, 0.15) is 5.70 Å². The molecule has 0 aliphatic rings. The van der Waals surface area contributed by atoms with Crippen LogP contribution in [0.15, 0.2) is 11.8 Å². The molecule has 0 aromatic carbocycles. The molecule has 6 heteroatoms. The normalized spacial score (nSPS) is 12.9. The lowest BCUT2D eigenvalue weighted by molar-refractivity contribution is -0.117. The van der Waals surface area contributed by atoms with Crippen molar-refractivity contribution < 1.29 is 18.0 Å². The van der Waals surface area contributed by atoms with Gasteiger partial charge in [-0.1, -0.05) is 0 Å². The Morgan fingerprint density at radius 2 is 2.00 bits per heavy atom. The number of amides is 1. The minimum Gasteiger partial charge on any atom is -0.395 e. The SMILES string of the molecule is CNC(=O)C=C(N)C(F)(F)F. The number of likely N-dealkylation sites (N-methyl/N-ethyl adjacent to an activating group) is 1. The third-order valence-electron chi connectivity index (χ3n) is 0.860. The first-order valence-corrected chi connectivity index (χ1v) is 2.64. The first kappa shape index (κ1) is 9.80. The molecule has 0 rings (SSSR count). The molecule has 64 valence electrons. The smallest absolute Gasteiger partial charge is 0.395 e. The van der Waals surface area contributed by atoms with Crippen LogP contribution in [0.5, 0.6) is 0 Å². The molecule has 0 aliphatic carbocycles. The second-order valence-electron chi connectivity index (χ2n) is 1.71. The first-order chi connectivity index (χ1) is 4.88. The zero-order valence-electron chi connectivity index (χ0n) is 5.70. The number of nitrogens with two attached hydrogens (primary N) is 1. The van der Waals surface area contributed by atoms with Crippen molar-refractivity contribution in [1.29, 1.82) is 0 Å². The first-order valence-electron chi connectivity index (χ1n) is 2.64. The molecule has 3 N–H and O–H groups in total. The summed E-state index contributed by atoms with van der Waals surface area (Å²) in [7, 11) is 1.21. The Hall–Kier alpha value is -1.20. The lowest BCUT2D eigenvalue weighted by atomic mass is 10.4. The summed E-state index contributed by atoms with van der Waals surface area (Å²) in [6.45, 7) is 0. The Labute approximate surface area is 61.1 Å². The van der Waals surface area contributed by atoms with Gasteiger partial charge in [-0.25, -0.2) is 0 Å². The van der Waals surface area contributed by atoms with E-state index >= 15 is 0 Å². The predicted molar refractivity (Wildman–Crippen MR) is 32.4 cm³/mol. The van der Waals surface area contributed by atoms with Gasteiger partial charge >= 0.3 is 6.18 Å². The minimum atomic E-state index is -4.63. The quantitative estimate of drug-likeness (QED) is 0.547. The molecular weight excluding hydrogens is 161 g/mol. The molecule has 11 heavy (non-hydrogen) atoms. The zero-order chi connectivity index (χ0) is 9.07. The summed E-state index contributed by atoms with van der Waals surface area (Å²) in [4.78, 5) is 10.3. The molecule has 0 aromatic heterocycles. The van der Waals surface area contributed by atoms with Crippen molar-refractivity contribution in [3.05, 3.63) is 11.8 Å². The van der Waals surface area contributed by atoms with Gasteiger partial charge in [0.15, 0.2) is 0 Å². The van der Waals surface area contributed by atoms with Gasteiger partial charge in [-0.2, -0.15) is 13.2 Å². The molecule has 0 radical (unpaired) electrons. The fraction of sp³-hybridized carbons (Fsp3) is 0.400. The second-order valence-corrected chi connectivity index (χ2v) is 1.71. The van der Waals surface area contributed by atoms with Crippen LogP contribution in [-0.4, -0.2) is 19.1 Å². The standard InChI is InChI=1S/C5H7F3N2O/c1-10-4(11)2-3(9)5(6,7)8/h2H,9H2,1H3,(H,10,11). The predicted octanol–water partition coefficient (Wildman–Crippen LogP) is 0.137. The van der Waals surface area contributed by atoms with E-state index in [1.807, 2.05) is 5.32 Å². The topological polar surface area (TPSA) is 55.1 Å². The molecule has 0 aromatic rings. The van der Waals surface area contributed by atoms with E-state index in [2.05, 4.69) is 5.73 Å². The number of hydrogen-bond donors (Lipinski definition) is 2. The third-order valence-corrected chi connectivity index (χ3v) is 0.860. The molecule has 0 aliphatic heterocycles. The number of halogens is 3. The fourth-order valence-corrected chi connectivity index (χ4v) is 0.295. The van der Waals surface area contributed by atoms with Crippen molar-refractivity contribution in [2.45, 2.75) is 6.18 Å². The van der Waals surface area contributed by atoms with Crippen LogP contribution in [0, 0.1) is 0 Å². The highest BCUT2D eigenvalue weighted by molar-refractivity contribution is 5.87. The van der Waals surface area contributed by atoms with Gasteiger partial charge in [-0.3, -0.25) is 4.79 Å². The summed E-state index contributed by atoms with van der Waals surface area (Å²) in [5.41, 5.74) is 3.10. The number of nitrogens with one attached hydrogen (secondary N) is 1. The van der Waals surface area contributed by atoms with Crippen LogP contribution < -0.4 is 11.1 Å². The van der Waals surface area contributed by atoms with Gasteiger partial charge in [-0.15, -0.1) is 0 Å². The van der Waals surface area contributed by atoms with Gasteiger partial charge in [0.25, 0.3) is 0 Å². The summed E-state index contributed by atoms with van der Waals surface area (Å²) < 4.78 is 34.7. The molecular formula is C5H7F3N2O. The van der Waals surface area contributed by atoms with Crippen LogP contribution in [-0.2, 0) is 4.79 Å². The number of hydrogen-bond acceptors (Lipinski definition) is 2. The largest absolute Gasteiger partial charge is 0.430 e. The molecule has 0 fully saturated rings. The maximum atomic E-state index is 11.6. The zero-order valence-corrected chi connectivity index (χ0v) is 5.70. The molecule has 3 nitrogen and oxygen atoms in total. The number of carbonyl (C=O) groups excluding carboxylic acids is 1. The minimum absolute atomic E-state index is 0.292. The van der Waals surface area contributed by atoms with Crippen molar-refractivity contribution in [2.24, 2.45) is 5.73 Å². The summed E-state index contributed by atoms with van der Waals surface area (Å²) in [6.07, 6.45) is -4.34. The molecule has 0 saturated carbocycles. The number of rotatable bonds is 1. The fourth-order valence-electron chi connectivity index (χ4n) is 0.295. The second kappa shape index (κ2) is 3.27. The van der Waals surface area contributed by atoms with Gasteiger partial charge < -0.3 is 11.1 Å². The van der Waals surface area contributed by atoms with Gasteiger partial charge in [0.2, 0.25) is 5.91 Å². The average molecular weight is 168 g/mol. The Bertz CT molecular complexity index is 185. The van der Waals surface area contributed by atoms with Crippen LogP contribution in [0.4, 0.5) is 13.2 Å². The van der Waals surface area contributed by atoms with Gasteiger partial charge in [0, 0.05) is 13.1 Å². The Balaban J connectivity index is 4.35. The summed E-state index contributed by atoms with van der Waals surface area (Å²) in [5.74, 6) is -0.875. The van der Waals surface area contributed by atoms with Crippen molar-refractivity contribution in [3.63, 3.8) is 0 Å². The highest BCUT2D eigenvalue weighted by Crippen LogP contribution is 2.20. The molecule has 0 heterocycles. The molecule has 0 bridgehead atoms. The maximum Gasteiger partial charge on any atom is 0.430 e. The monoisotopic (exact) mass is 168 g/mol. The maximum absolute atomic E-state index is 11.6. The van der Waals surface area contributed by atoms with Crippen LogP contribution in [0.2, 0.25) is 0 Å². The van der Waals surface area contributed by atoms with Crippen LogP contribution in [0.3, 0.4) is 0 Å². The van der Waals surface area contributed by atoms with Crippen LogP contribution >= 0.6 is 0 Å². The molecule has 1 amide bonds. The van der Waals surface area contributed by atoms with Crippen molar-refractivity contribution in [3.8, 4) is 0 Å². The van der Waals surface area contributed by atoms with Crippen molar-refractivity contribution in [2.75, 3.05) is 7.05 Å². The van der Waals surface area contributed by atoms with Crippen molar-refractivity contribution >= 4 is 5.91 Å². The highest BCUT2D eigenvalue weighted by atomic mass is 19.4. The lowest BCUT2D eigenvalue weighted by Gasteiger charge is -2.04. The van der Waals surface area contributed by atoms with E-state index in [1.165, 1.54) is 7.05 Å². The summed E-state index contributed by atoms with van der Waals surface area (Å²) in [6, 6.07) is 0. The molecule has 0 saturated heterocycles. The van der Waals surface area contributed by atoms with Crippen LogP contribution in [0.1, 0.15) is 0 Å². The van der Waals surface area contributed by atoms with E-state index in [4.69, 9.17) is 0 Å². The lowest BCUT2D eigenvalue weighted by Crippen LogP contribution is -2.24. The van der Waals surface area contributed by atoms with Crippen molar-refractivity contribution in [1.82, 2.24) is 5.32 Å². The van der Waals surface area contributed by atoms with E-state index in [-0.39, 0.29) is 0 Å². The van der Waals surface area contributed by atoms with E-state index in [0.29, 0.717) is 6.08 Å². The Morgan fingerprint density at radius 1 is 1.55 bits per heavy atom. The molecule has 0 unspecified atom stereocenters. The molecule has 0 atom stereocenters. The van der Waals surface area contributed by atoms with Gasteiger partial charge in [-0.05, 0) is 0 Å². The van der Waals surface area contributed by atoms with E-state index in [0.717, 1.165) is 0 Å². The number of alkyl halides is 3. The number of allylic oxidation sites excluding steroid dienone is 1. The van der Waals surface area contributed by atoms with E-state index in [9.17, 15) is 18.0 Å². The summed E-state index contributed by atoms with van der Waals surface area (Å²) in [5, 5.41) is 1.97. The van der Waals surface area contributed by atoms with E-state index in [1.54, 1.807) is 0 Å². The van der Waals surface area contributed by atoms with Gasteiger partial charge in [0.05, 0.1) is 0 Å².